The van der Waals surface area contributed by atoms with Gasteiger partial charge in [-0.25, -0.2) is 0 Å². The number of nitrogens with one attached hydrogen (secondary N) is 2. The summed E-state index contributed by atoms with van der Waals surface area (Å²) in [5.74, 6) is -1.43. The average molecular weight is 268 g/mol. The van der Waals surface area contributed by atoms with Crippen molar-refractivity contribution in [3.05, 3.63) is 0 Å². The third kappa shape index (κ3) is 8.16. The Kier molecular flexibility index (Phi) is 9.45. The first-order chi connectivity index (χ1) is 9.04. The van der Waals surface area contributed by atoms with E-state index in [0.29, 0.717) is 0 Å². The van der Waals surface area contributed by atoms with Crippen LogP contribution in [-0.4, -0.2) is 48.9 Å². The molecule has 1 atom stereocenters. The summed E-state index contributed by atoms with van der Waals surface area (Å²) in [6.45, 7) is 9.00. The number of hydrogen-bond acceptors (Lipinski definition) is 4. The van der Waals surface area contributed by atoms with E-state index in [2.05, 4.69) is 29.4 Å². The molecule has 0 saturated heterocycles. The highest BCUT2D eigenvalue weighted by atomic mass is 16.2. The first-order valence-corrected chi connectivity index (χ1v) is 6.73. The van der Waals surface area contributed by atoms with Crippen LogP contribution in [0.25, 0.3) is 0 Å². The van der Waals surface area contributed by atoms with E-state index in [9.17, 15) is 9.59 Å². The van der Waals surface area contributed by atoms with Crippen LogP contribution in [0.2, 0.25) is 0 Å². The maximum Gasteiger partial charge on any atom is 0.310 e. The van der Waals surface area contributed by atoms with E-state index in [0.717, 1.165) is 32.5 Å². The minimum Gasteiger partial charge on any atom is -0.345 e. The van der Waals surface area contributed by atoms with Gasteiger partial charge in [0, 0.05) is 6.04 Å². The Balaban J connectivity index is 3.85. The third-order valence-corrected chi connectivity index (χ3v) is 2.92. The Hall–Kier alpha value is -1.61. The quantitative estimate of drug-likeness (QED) is 0.488. The van der Waals surface area contributed by atoms with Crippen molar-refractivity contribution < 1.29 is 9.59 Å². The number of nitrogens with zero attached hydrogens (tertiary/aromatic N) is 2. The molecule has 0 aromatic rings. The second kappa shape index (κ2) is 10.3. The largest absolute Gasteiger partial charge is 0.345 e. The van der Waals surface area contributed by atoms with Gasteiger partial charge in [-0.05, 0) is 39.4 Å². The lowest BCUT2D eigenvalue weighted by Gasteiger charge is -2.19. The van der Waals surface area contributed by atoms with Crippen LogP contribution in [-0.2, 0) is 9.59 Å². The number of hydrogen-bond donors (Lipinski definition) is 2. The van der Waals surface area contributed by atoms with E-state index in [1.807, 2.05) is 6.92 Å². The van der Waals surface area contributed by atoms with Gasteiger partial charge in [0.05, 0.1) is 6.07 Å². The van der Waals surface area contributed by atoms with Crippen LogP contribution in [0, 0.1) is 11.3 Å². The zero-order chi connectivity index (χ0) is 14.7. The van der Waals surface area contributed by atoms with Crippen molar-refractivity contribution in [3.63, 3.8) is 0 Å². The van der Waals surface area contributed by atoms with E-state index in [1.165, 1.54) is 0 Å². The maximum atomic E-state index is 11.4. The number of rotatable bonds is 8. The Labute approximate surface area is 115 Å². The predicted octanol–water partition coefficient (Wildman–Crippen LogP) is 0.253. The second-order valence-electron chi connectivity index (χ2n) is 4.38. The van der Waals surface area contributed by atoms with Crippen molar-refractivity contribution in [1.29, 1.82) is 5.26 Å². The molecule has 2 amide bonds. The van der Waals surface area contributed by atoms with Gasteiger partial charge >= 0.3 is 11.8 Å². The van der Waals surface area contributed by atoms with Gasteiger partial charge in [0.1, 0.15) is 6.54 Å². The molecule has 1 unspecified atom stereocenters. The topological polar surface area (TPSA) is 85.2 Å². The monoisotopic (exact) mass is 268 g/mol. The van der Waals surface area contributed by atoms with Crippen molar-refractivity contribution in [2.45, 2.75) is 39.7 Å². The van der Waals surface area contributed by atoms with Crippen molar-refractivity contribution >= 4 is 11.8 Å². The molecular weight excluding hydrogens is 244 g/mol. The molecule has 6 nitrogen and oxygen atoms in total. The first kappa shape index (κ1) is 17.4. The summed E-state index contributed by atoms with van der Waals surface area (Å²) in [5.41, 5.74) is 0. The van der Waals surface area contributed by atoms with Gasteiger partial charge in [0.25, 0.3) is 0 Å². The van der Waals surface area contributed by atoms with Gasteiger partial charge in [-0.15, -0.1) is 0 Å². The molecular formula is C13H24N4O2. The predicted molar refractivity (Wildman–Crippen MR) is 73.2 cm³/mol. The zero-order valence-electron chi connectivity index (χ0n) is 12.0. The minimum atomic E-state index is -0.753. The smallest absolute Gasteiger partial charge is 0.310 e. The van der Waals surface area contributed by atoms with Crippen molar-refractivity contribution in [2.75, 3.05) is 26.2 Å². The molecule has 6 heteroatoms. The fraction of sp³-hybridized carbons (Fsp3) is 0.769. The van der Waals surface area contributed by atoms with Crippen LogP contribution < -0.4 is 10.6 Å². The molecule has 0 radical (unpaired) electrons. The number of carbonyl (C=O) groups is 2. The van der Waals surface area contributed by atoms with Crippen LogP contribution in [0.4, 0.5) is 0 Å². The van der Waals surface area contributed by atoms with E-state index in [-0.39, 0.29) is 12.6 Å². The Morgan fingerprint density at radius 2 is 1.89 bits per heavy atom. The van der Waals surface area contributed by atoms with Gasteiger partial charge in [-0.2, -0.15) is 5.26 Å². The van der Waals surface area contributed by atoms with Crippen LogP contribution in [0.5, 0.6) is 0 Å². The molecule has 0 aliphatic rings. The van der Waals surface area contributed by atoms with Crippen LogP contribution in [0.3, 0.4) is 0 Å². The molecule has 19 heavy (non-hydrogen) atoms. The Bertz CT molecular complexity index is 321. The van der Waals surface area contributed by atoms with Gasteiger partial charge in [0.15, 0.2) is 0 Å². The number of nitriles is 1. The number of amides is 2. The van der Waals surface area contributed by atoms with Crippen molar-refractivity contribution in [2.24, 2.45) is 0 Å². The standard InChI is InChI=1S/C13H24N4O2/c1-4-17(5-2)10-6-7-11(3)16-13(19)12(18)15-9-8-14/h11H,4-7,9-10H2,1-3H3,(H,15,18)(H,16,19). The maximum absolute atomic E-state index is 11.4. The highest BCUT2D eigenvalue weighted by Crippen LogP contribution is 1.99. The van der Waals surface area contributed by atoms with Crippen LogP contribution >= 0.6 is 0 Å². The minimum absolute atomic E-state index is 0.0455. The summed E-state index contributed by atoms with van der Waals surface area (Å²) in [6.07, 6.45) is 1.80. The van der Waals surface area contributed by atoms with Crippen LogP contribution in [0.1, 0.15) is 33.6 Å². The van der Waals surface area contributed by atoms with Crippen molar-refractivity contribution in [3.8, 4) is 6.07 Å². The fourth-order valence-electron chi connectivity index (χ4n) is 1.72. The van der Waals surface area contributed by atoms with E-state index < -0.39 is 11.8 Å². The summed E-state index contributed by atoms with van der Waals surface area (Å²) in [7, 11) is 0. The first-order valence-electron chi connectivity index (χ1n) is 6.73. The third-order valence-electron chi connectivity index (χ3n) is 2.92. The van der Waals surface area contributed by atoms with Gasteiger partial charge in [0.2, 0.25) is 0 Å². The molecule has 0 aliphatic carbocycles. The fourth-order valence-corrected chi connectivity index (χ4v) is 1.72. The molecule has 0 aromatic carbocycles. The Morgan fingerprint density at radius 3 is 2.42 bits per heavy atom. The highest BCUT2D eigenvalue weighted by Gasteiger charge is 2.15. The lowest BCUT2D eigenvalue weighted by atomic mass is 10.1. The number of carbonyl (C=O) groups excluding carboxylic acids is 2. The lowest BCUT2D eigenvalue weighted by molar-refractivity contribution is -0.139. The molecule has 108 valence electrons. The van der Waals surface area contributed by atoms with E-state index >= 15 is 0 Å². The average Bonchev–Trinajstić information content (AvgIpc) is 2.40. The van der Waals surface area contributed by atoms with E-state index in [1.54, 1.807) is 6.07 Å². The molecule has 0 saturated carbocycles. The summed E-state index contributed by atoms with van der Waals surface area (Å²) < 4.78 is 0. The molecule has 0 aliphatic heterocycles. The molecule has 2 N–H and O–H groups in total. The van der Waals surface area contributed by atoms with E-state index in [4.69, 9.17) is 5.26 Å². The van der Waals surface area contributed by atoms with Crippen molar-refractivity contribution in [1.82, 2.24) is 15.5 Å². The normalized spacial score (nSPS) is 11.7. The van der Waals surface area contributed by atoms with Gasteiger partial charge in [-0.3, -0.25) is 9.59 Å². The van der Waals surface area contributed by atoms with Gasteiger partial charge in [-0.1, -0.05) is 13.8 Å². The van der Waals surface area contributed by atoms with Gasteiger partial charge < -0.3 is 15.5 Å². The summed E-state index contributed by atoms with van der Waals surface area (Å²) in [6, 6.07) is 1.70. The molecule has 0 heterocycles. The molecule has 0 fully saturated rings. The second-order valence-corrected chi connectivity index (χ2v) is 4.38. The highest BCUT2D eigenvalue weighted by molar-refractivity contribution is 6.35. The van der Waals surface area contributed by atoms with Crippen LogP contribution in [0.15, 0.2) is 0 Å². The SMILES string of the molecule is CCN(CC)CCCC(C)NC(=O)C(=O)NCC#N. The lowest BCUT2D eigenvalue weighted by Crippen LogP contribution is -2.43. The summed E-state index contributed by atoms with van der Waals surface area (Å²) in [5, 5.41) is 13.1. The molecule has 0 rings (SSSR count). The molecule has 0 aromatic heterocycles. The summed E-state index contributed by atoms with van der Waals surface area (Å²) >= 11 is 0. The molecule has 0 bridgehead atoms. The summed E-state index contributed by atoms with van der Waals surface area (Å²) in [4.78, 5) is 25.0. The zero-order valence-corrected chi connectivity index (χ0v) is 12.0. The Morgan fingerprint density at radius 1 is 1.26 bits per heavy atom. The molecule has 0 spiro atoms.